The lowest BCUT2D eigenvalue weighted by atomic mass is 10.1. The molecule has 0 aliphatic rings. The Kier molecular flexibility index (Phi) is 6.22. The van der Waals surface area contributed by atoms with Crippen molar-refractivity contribution in [3.8, 4) is 16.3 Å². The summed E-state index contributed by atoms with van der Waals surface area (Å²) in [5, 5.41) is 3.66. The zero-order chi connectivity index (χ0) is 21.0. The zero-order valence-electron chi connectivity index (χ0n) is 15.8. The van der Waals surface area contributed by atoms with Crippen LogP contribution in [0.15, 0.2) is 48.5 Å². The van der Waals surface area contributed by atoms with Gasteiger partial charge in [0.25, 0.3) is 0 Å². The molecule has 0 bridgehead atoms. The molecular weight excluding hydrogens is 401 g/mol. The first-order valence-corrected chi connectivity index (χ1v) is 9.64. The molecule has 0 fully saturated rings. The minimum Gasteiger partial charge on any atom is -0.488 e. The quantitative estimate of drug-likeness (QED) is 0.531. The van der Waals surface area contributed by atoms with Gasteiger partial charge >= 0.3 is 6.18 Å². The number of ketones is 1. The Morgan fingerprint density at radius 3 is 2.34 bits per heavy atom. The van der Waals surface area contributed by atoms with E-state index in [0.717, 1.165) is 28.4 Å². The van der Waals surface area contributed by atoms with Gasteiger partial charge in [0.15, 0.2) is 0 Å². The fourth-order valence-electron chi connectivity index (χ4n) is 2.53. The van der Waals surface area contributed by atoms with Crippen molar-refractivity contribution in [1.82, 2.24) is 4.98 Å². The van der Waals surface area contributed by atoms with E-state index < -0.39 is 11.7 Å². The van der Waals surface area contributed by atoms with Crippen LogP contribution in [0.25, 0.3) is 10.6 Å². The molecule has 2 aromatic carbocycles. The molecule has 1 aromatic heterocycles. The van der Waals surface area contributed by atoms with Crippen molar-refractivity contribution >= 4 is 22.8 Å². The van der Waals surface area contributed by atoms with Crippen molar-refractivity contribution in [3.63, 3.8) is 0 Å². The van der Waals surface area contributed by atoms with Gasteiger partial charge in [-0.15, -0.1) is 11.3 Å². The number of alkyl halides is 3. The molecule has 0 amide bonds. The third-order valence-electron chi connectivity index (χ3n) is 4.12. The Labute approximate surface area is 170 Å². The SMILES string of the molecule is CC(=O)CNc1ccc(OCc2sc(-c3ccc(C(F)(F)F)cc3)nc2C)cc1. The number of anilines is 1. The van der Waals surface area contributed by atoms with Crippen LogP contribution in [0.2, 0.25) is 0 Å². The Morgan fingerprint density at radius 2 is 1.76 bits per heavy atom. The highest BCUT2D eigenvalue weighted by Crippen LogP contribution is 2.33. The third kappa shape index (κ3) is 5.57. The van der Waals surface area contributed by atoms with Gasteiger partial charge in [0.2, 0.25) is 0 Å². The largest absolute Gasteiger partial charge is 0.488 e. The maximum atomic E-state index is 12.7. The molecule has 3 aromatic rings. The second-order valence-corrected chi connectivity index (χ2v) is 7.55. The number of aromatic nitrogens is 1. The van der Waals surface area contributed by atoms with Gasteiger partial charge in [0.05, 0.1) is 22.7 Å². The molecule has 0 aliphatic heterocycles. The van der Waals surface area contributed by atoms with Crippen LogP contribution in [0.1, 0.15) is 23.1 Å². The van der Waals surface area contributed by atoms with Crippen LogP contribution >= 0.6 is 11.3 Å². The van der Waals surface area contributed by atoms with E-state index in [2.05, 4.69) is 10.3 Å². The van der Waals surface area contributed by atoms with Gasteiger partial charge < -0.3 is 10.1 Å². The molecule has 0 saturated heterocycles. The van der Waals surface area contributed by atoms with E-state index in [1.54, 1.807) is 12.1 Å². The van der Waals surface area contributed by atoms with Crippen LogP contribution < -0.4 is 10.1 Å². The maximum Gasteiger partial charge on any atom is 0.416 e. The van der Waals surface area contributed by atoms with Gasteiger partial charge in [-0.3, -0.25) is 4.79 Å². The fourth-order valence-corrected chi connectivity index (χ4v) is 3.51. The second-order valence-electron chi connectivity index (χ2n) is 6.47. The number of nitrogens with zero attached hydrogens (tertiary/aromatic N) is 1. The van der Waals surface area contributed by atoms with Gasteiger partial charge in [0, 0.05) is 11.3 Å². The summed E-state index contributed by atoms with van der Waals surface area (Å²) >= 11 is 1.39. The molecule has 3 rings (SSSR count). The average Bonchev–Trinajstić information content (AvgIpc) is 3.05. The zero-order valence-corrected chi connectivity index (χ0v) is 16.7. The first kappa shape index (κ1) is 20.9. The normalized spacial score (nSPS) is 11.3. The molecular formula is C21H19F3N2O2S. The number of aryl methyl sites for hydroxylation is 1. The van der Waals surface area contributed by atoms with Crippen molar-refractivity contribution in [2.75, 3.05) is 11.9 Å². The number of hydrogen-bond acceptors (Lipinski definition) is 5. The molecule has 1 heterocycles. The van der Waals surface area contributed by atoms with Crippen molar-refractivity contribution in [2.24, 2.45) is 0 Å². The highest BCUT2D eigenvalue weighted by molar-refractivity contribution is 7.15. The summed E-state index contributed by atoms with van der Waals surface area (Å²) in [6.45, 7) is 3.94. The van der Waals surface area contributed by atoms with Crippen LogP contribution in [0.3, 0.4) is 0 Å². The van der Waals surface area contributed by atoms with Crippen LogP contribution in [-0.4, -0.2) is 17.3 Å². The first-order valence-electron chi connectivity index (χ1n) is 8.82. The molecule has 1 N–H and O–H groups in total. The Balaban J connectivity index is 1.64. The molecule has 8 heteroatoms. The number of Topliss-reactive ketones (excluding diaryl/α,β-unsaturated/α-hetero) is 1. The smallest absolute Gasteiger partial charge is 0.416 e. The maximum absolute atomic E-state index is 12.7. The monoisotopic (exact) mass is 420 g/mol. The van der Waals surface area contributed by atoms with Crippen LogP contribution in [0.4, 0.5) is 18.9 Å². The molecule has 4 nitrogen and oxygen atoms in total. The summed E-state index contributed by atoms with van der Waals surface area (Å²) in [4.78, 5) is 16.4. The van der Waals surface area contributed by atoms with Crippen molar-refractivity contribution in [3.05, 3.63) is 64.7 Å². The van der Waals surface area contributed by atoms with Gasteiger partial charge in [0.1, 0.15) is 23.1 Å². The van der Waals surface area contributed by atoms with Crippen molar-refractivity contribution in [1.29, 1.82) is 0 Å². The van der Waals surface area contributed by atoms with Gasteiger partial charge in [-0.25, -0.2) is 4.98 Å². The van der Waals surface area contributed by atoms with Gasteiger partial charge in [-0.05, 0) is 50.2 Å². The van der Waals surface area contributed by atoms with Crippen LogP contribution in [0, 0.1) is 6.92 Å². The van der Waals surface area contributed by atoms with Gasteiger partial charge in [-0.2, -0.15) is 13.2 Å². The number of thiazole rings is 1. The van der Waals surface area contributed by atoms with Crippen molar-refractivity contribution in [2.45, 2.75) is 26.6 Å². The number of ether oxygens (including phenoxy) is 1. The number of carbonyl (C=O) groups is 1. The number of nitrogens with one attached hydrogen (secondary N) is 1. The van der Waals surface area contributed by atoms with E-state index in [0.29, 0.717) is 22.9 Å². The summed E-state index contributed by atoms with van der Waals surface area (Å²) < 4.78 is 43.9. The summed E-state index contributed by atoms with van der Waals surface area (Å²) in [5.41, 5.74) is 1.56. The average molecular weight is 420 g/mol. The predicted octanol–water partition coefficient (Wildman–Crippen LogP) is 5.72. The summed E-state index contributed by atoms with van der Waals surface area (Å²) in [7, 11) is 0. The molecule has 29 heavy (non-hydrogen) atoms. The summed E-state index contributed by atoms with van der Waals surface area (Å²) in [5.74, 6) is 0.720. The summed E-state index contributed by atoms with van der Waals surface area (Å²) in [6, 6.07) is 12.2. The molecule has 0 spiro atoms. The van der Waals surface area contributed by atoms with E-state index in [1.807, 2.05) is 19.1 Å². The lowest BCUT2D eigenvalue weighted by Crippen LogP contribution is -2.09. The Bertz CT molecular complexity index is 981. The molecule has 0 aliphatic carbocycles. The lowest BCUT2D eigenvalue weighted by molar-refractivity contribution is -0.137. The molecule has 0 unspecified atom stereocenters. The first-order chi connectivity index (χ1) is 13.7. The molecule has 0 saturated carbocycles. The molecule has 0 radical (unpaired) electrons. The number of rotatable bonds is 7. The molecule has 0 atom stereocenters. The van der Waals surface area contributed by atoms with E-state index in [9.17, 15) is 18.0 Å². The molecule has 152 valence electrons. The van der Waals surface area contributed by atoms with Crippen molar-refractivity contribution < 1.29 is 22.7 Å². The lowest BCUT2D eigenvalue weighted by Gasteiger charge is -2.07. The highest BCUT2D eigenvalue weighted by Gasteiger charge is 2.30. The van der Waals surface area contributed by atoms with Crippen LogP contribution in [0.5, 0.6) is 5.75 Å². The number of benzene rings is 2. The number of carbonyl (C=O) groups excluding carboxylic acids is 1. The number of hydrogen-bond donors (Lipinski definition) is 1. The number of halogens is 3. The Morgan fingerprint density at radius 1 is 1.10 bits per heavy atom. The topological polar surface area (TPSA) is 51.2 Å². The Hall–Kier alpha value is -2.87. The van der Waals surface area contributed by atoms with Gasteiger partial charge in [-0.1, -0.05) is 12.1 Å². The van der Waals surface area contributed by atoms with E-state index in [1.165, 1.54) is 30.4 Å². The minimum atomic E-state index is -4.35. The highest BCUT2D eigenvalue weighted by atomic mass is 32.1. The van der Waals surface area contributed by atoms with E-state index >= 15 is 0 Å². The minimum absolute atomic E-state index is 0.0508. The predicted molar refractivity (Wildman–Crippen MR) is 107 cm³/mol. The second kappa shape index (κ2) is 8.65. The summed E-state index contributed by atoms with van der Waals surface area (Å²) in [6.07, 6.45) is -4.35. The van der Waals surface area contributed by atoms with E-state index in [4.69, 9.17) is 4.74 Å². The third-order valence-corrected chi connectivity index (χ3v) is 5.30. The van der Waals surface area contributed by atoms with Crippen LogP contribution in [-0.2, 0) is 17.6 Å². The fraction of sp³-hybridized carbons (Fsp3) is 0.238. The van der Waals surface area contributed by atoms with E-state index in [-0.39, 0.29) is 12.3 Å². The standard InChI is InChI=1S/C21H19F3N2O2S/c1-13(27)11-25-17-7-9-18(10-8-17)28-12-19-14(2)26-20(29-19)15-3-5-16(6-4-15)21(22,23)24/h3-10,25H,11-12H2,1-2H3.